The molecule has 1 saturated heterocycles. The Morgan fingerprint density at radius 2 is 1.89 bits per heavy atom. The lowest BCUT2D eigenvalue weighted by molar-refractivity contribution is -0.132. The Bertz CT molecular complexity index is 784. The number of aromatic nitrogens is 2. The molecule has 1 aliphatic heterocycles. The van der Waals surface area contributed by atoms with E-state index < -0.39 is 6.04 Å². The maximum absolute atomic E-state index is 12.3. The summed E-state index contributed by atoms with van der Waals surface area (Å²) in [6, 6.07) is 9.33. The molecule has 2 aromatic rings. The van der Waals surface area contributed by atoms with Crippen molar-refractivity contribution in [2.24, 2.45) is 5.73 Å². The predicted octanol–water partition coefficient (Wildman–Crippen LogP) is 1.91. The van der Waals surface area contributed by atoms with Crippen molar-refractivity contribution in [2.75, 3.05) is 13.1 Å². The predicted molar refractivity (Wildman–Crippen MR) is 106 cm³/mol. The number of amides is 2. The molecule has 7 heteroatoms. The molecule has 2 N–H and O–H groups in total. The van der Waals surface area contributed by atoms with Gasteiger partial charge in [-0.1, -0.05) is 30.3 Å². The zero-order chi connectivity index (χ0) is 19.9. The molecule has 0 bridgehead atoms. The highest BCUT2D eigenvalue weighted by atomic mass is 16.2. The van der Waals surface area contributed by atoms with Gasteiger partial charge in [0, 0.05) is 44.0 Å². The van der Waals surface area contributed by atoms with Gasteiger partial charge in [-0.05, 0) is 31.4 Å². The van der Waals surface area contributed by atoms with E-state index in [2.05, 4.69) is 14.9 Å². The second kappa shape index (κ2) is 9.41. The molecule has 0 saturated carbocycles. The standard InChI is InChI=1S/C21H27N5O2/c1-16(27)26(14-17-12-23-15-24-13-17)19-8-5-10-25(11-9-19)20(21(22)28)18-6-3-2-4-7-18/h2-4,6-7,12-13,15,19-20H,5,8-11,14H2,1H3,(H2,22,28)/t19-,20+/m0/s1. The summed E-state index contributed by atoms with van der Waals surface area (Å²) in [6.45, 7) is 3.59. The zero-order valence-electron chi connectivity index (χ0n) is 16.2. The summed E-state index contributed by atoms with van der Waals surface area (Å²) >= 11 is 0. The van der Waals surface area contributed by atoms with E-state index >= 15 is 0 Å². The van der Waals surface area contributed by atoms with E-state index in [0.29, 0.717) is 13.1 Å². The molecule has 148 valence electrons. The van der Waals surface area contributed by atoms with Crippen molar-refractivity contribution in [1.82, 2.24) is 19.8 Å². The molecular formula is C21H27N5O2. The first kappa shape index (κ1) is 19.9. The number of likely N-dealkylation sites (tertiary alicyclic amines) is 1. The van der Waals surface area contributed by atoms with Crippen molar-refractivity contribution in [3.8, 4) is 0 Å². The molecule has 1 aromatic carbocycles. The van der Waals surface area contributed by atoms with Crippen molar-refractivity contribution in [3.05, 3.63) is 60.2 Å². The minimum Gasteiger partial charge on any atom is -0.368 e. The van der Waals surface area contributed by atoms with Crippen LogP contribution >= 0.6 is 0 Å². The number of carbonyl (C=O) groups excluding carboxylic acids is 2. The molecule has 2 atom stereocenters. The molecule has 0 aliphatic carbocycles. The lowest BCUT2D eigenvalue weighted by atomic mass is 10.0. The van der Waals surface area contributed by atoms with Gasteiger partial charge in [-0.3, -0.25) is 14.5 Å². The van der Waals surface area contributed by atoms with Crippen LogP contribution in [0, 0.1) is 0 Å². The lowest BCUT2D eigenvalue weighted by Crippen LogP contribution is -2.41. The van der Waals surface area contributed by atoms with Crippen LogP contribution in [0.15, 0.2) is 49.1 Å². The number of hydrogen-bond acceptors (Lipinski definition) is 5. The summed E-state index contributed by atoms with van der Waals surface area (Å²) < 4.78 is 0. The van der Waals surface area contributed by atoms with Crippen molar-refractivity contribution < 1.29 is 9.59 Å². The second-order valence-electron chi connectivity index (χ2n) is 7.23. The Morgan fingerprint density at radius 1 is 1.18 bits per heavy atom. The van der Waals surface area contributed by atoms with Gasteiger partial charge in [0.2, 0.25) is 11.8 Å². The van der Waals surface area contributed by atoms with Gasteiger partial charge in [-0.15, -0.1) is 0 Å². The van der Waals surface area contributed by atoms with Gasteiger partial charge >= 0.3 is 0 Å². The SMILES string of the molecule is CC(=O)N(Cc1cncnc1)[C@H]1CCCN([C@@H](C(N)=O)c2ccccc2)CC1. The van der Waals surface area contributed by atoms with Gasteiger partial charge in [0.1, 0.15) is 12.4 Å². The van der Waals surface area contributed by atoms with Gasteiger partial charge in [0.25, 0.3) is 0 Å². The molecule has 0 unspecified atom stereocenters. The Hall–Kier alpha value is -2.80. The van der Waals surface area contributed by atoms with E-state index in [0.717, 1.165) is 36.9 Å². The number of rotatable bonds is 6. The molecule has 2 amide bonds. The van der Waals surface area contributed by atoms with E-state index in [1.165, 1.54) is 6.33 Å². The van der Waals surface area contributed by atoms with Crippen LogP contribution in [0.5, 0.6) is 0 Å². The third kappa shape index (κ3) is 4.92. The Kier molecular flexibility index (Phi) is 6.71. The Morgan fingerprint density at radius 3 is 2.54 bits per heavy atom. The molecular weight excluding hydrogens is 354 g/mol. The summed E-state index contributed by atoms with van der Waals surface area (Å²) in [6.07, 6.45) is 7.55. The molecule has 28 heavy (non-hydrogen) atoms. The second-order valence-corrected chi connectivity index (χ2v) is 7.23. The maximum atomic E-state index is 12.3. The molecule has 3 rings (SSSR count). The summed E-state index contributed by atoms with van der Waals surface area (Å²) in [4.78, 5) is 36.6. The van der Waals surface area contributed by atoms with Gasteiger partial charge in [0.15, 0.2) is 0 Å². The van der Waals surface area contributed by atoms with Gasteiger partial charge < -0.3 is 10.6 Å². The third-order valence-electron chi connectivity index (χ3n) is 5.29. The molecule has 0 spiro atoms. The van der Waals surface area contributed by atoms with Crippen LogP contribution < -0.4 is 5.73 Å². The highest BCUT2D eigenvalue weighted by Crippen LogP contribution is 2.26. The summed E-state index contributed by atoms with van der Waals surface area (Å²) in [5.74, 6) is -0.300. The fraction of sp³-hybridized carbons (Fsp3) is 0.429. The van der Waals surface area contributed by atoms with Crippen molar-refractivity contribution in [3.63, 3.8) is 0 Å². The van der Waals surface area contributed by atoms with Gasteiger partial charge in [-0.25, -0.2) is 9.97 Å². The molecule has 2 heterocycles. The number of hydrogen-bond donors (Lipinski definition) is 1. The minimum absolute atomic E-state index is 0.0387. The molecule has 1 aromatic heterocycles. The van der Waals surface area contributed by atoms with E-state index in [1.807, 2.05) is 35.2 Å². The van der Waals surface area contributed by atoms with Gasteiger partial charge in [-0.2, -0.15) is 0 Å². The zero-order valence-corrected chi connectivity index (χ0v) is 16.2. The summed E-state index contributed by atoms with van der Waals surface area (Å²) in [5, 5.41) is 0. The van der Waals surface area contributed by atoms with Crippen molar-refractivity contribution in [2.45, 2.75) is 44.8 Å². The van der Waals surface area contributed by atoms with Crippen LogP contribution in [0.2, 0.25) is 0 Å². The fourth-order valence-electron chi connectivity index (χ4n) is 3.97. The van der Waals surface area contributed by atoms with E-state index in [1.54, 1.807) is 19.3 Å². The number of benzene rings is 1. The fourth-order valence-corrected chi connectivity index (χ4v) is 3.97. The van der Waals surface area contributed by atoms with E-state index in [4.69, 9.17) is 5.73 Å². The number of primary amides is 1. The van der Waals surface area contributed by atoms with Crippen LogP contribution in [0.1, 0.15) is 43.4 Å². The van der Waals surface area contributed by atoms with E-state index in [-0.39, 0.29) is 17.9 Å². The van der Waals surface area contributed by atoms with Crippen LogP contribution in [0.4, 0.5) is 0 Å². The quantitative estimate of drug-likeness (QED) is 0.825. The smallest absolute Gasteiger partial charge is 0.239 e. The van der Waals surface area contributed by atoms with Gasteiger partial charge in [0.05, 0.1) is 0 Å². The first-order valence-electron chi connectivity index (χ1n) is 9.65. The van der Waals surface area contributed by atoms with Crippen LogP contribution in [-0.2, 0) is 16.1 Å². The molecule has 1 aliphatic rings. The normalized spacial score (nSPS) is 18.8. The van der Waals surface area contributed by atoms with Crippen LogP contribution in [0.25, 0.3) is 0 Å². The highest BCUT2D eigenvalue weighted by Gasteiger charge is 2.30. The molecule has 1 fully saturated rings. The number of carbonyl (C=O) groups is 2. The summed E-state index contributed by atoms with van der Waals surface area (Å²) in [5.41, 5.74) is 7.57. The number of nitrogens with zero attached hydrogens (tertiary/aromatic N) is 4. The van der Waals surface area contributed by atoms with Crippen molar-refractivity contribution >= 4 is 11.8 Å². The van der Waals surface area contributed by atoms with Crippen LogP contribution in [-0.4, -0.2) is 50.7 Å². The average molecular weight is 381 g/mol. The minimum atomic E-state index is -0.437. The largest absolute Gasteiger partial charge is 0.368 e. The first-order valence-corrected chi connectivity index (χ1v) is 9.65. The number of nitrogens with two attached hydrogens (primary N) is 1. The molecule has 0 radical (unpaired) electrons. The lowest BCUT2D eigenvalue weighted by Gasteiger charge is -2.31. The Balaban J connectivity index is 1.72. The van der Waals surface area contributed by atoms with Crippen LogP contribution in [0.3, 0.4) is 0 Å². The highest BCUT2D eigenvalue weighted by molar-refractivity contribution is 5.81. The monoisotopic (exact) mass is 381 g/mol. The first-order chi connectivity index (χ1) is 13.6. The topological polar surface area (TPSA) is 92.4 Å². The maximum Gasteiger partial charge on any atom is 0.239 e. The Labute approximate surface area is 165 Å². The van der Waals surface area contributed by atoms with E-state index in [9.17, 15) is 9.59 Å². The third-order valence-corrected chi connectivity index (χ3v) is 5.29. The van der Waals surface area contributed by atoms with Crippen molar-refractivity contribution in [1.29, 1.82) is 0 Å². The summed E-state index contributed by atoms with van der Waals surface area (Å²) in [7, 11) is 0. The molecule has 7 nitrogen and oxygen atoms in total. The average Bonchev–Trinajstić information content (AvgIpc) is 2.93.